The van der Waals surface area contributed by atoms with Gasteiger partial charge in [-0.3, -0.25) is 0 Å². The van der Waals surface area contributed by atoms with Gasteiger partial charge in [-0.2, -0.15) is 0 Å². The van der Waals surface area contributed by atoms with Crippen LogP contribution >= 0.6 is 0 Å². The minimum atomic E-state index is 0.667. The summed E-state index contributed by atoms with van der Waals surface area (Å²) in [6, 6.07) is 0.667. The zero-order chi connectivity index (χ0) is 5.56. The fourth-order valence-corrected chi connectivity index (χ4v) is 1.71. The van der Waals surface area contributed by atoms with E-state index in [1.807, 2.05) is 0 Å². The van der Waals surface area contributed by atoms with Gasteiger partial charge >= 0.3 is 0 Å². The maximum atomic E-state index is 5.49. The molecular weight excluding hydrogens is 100 g/mol. The molecular formula is C6H12N2. The number of rotatable bonds is 1. The summed E-state index contributed by atoms with van der Waals surface area (Å²) < 4.78 is 0. The van der Waals surface area contributed by atoms with E-state index in [0.29, 0.717) is 6.04 Å². The molecule has 2 fully saturated rings. The van der Waals surface area contributed by atoms with Crippen molar-refractivity contribution in [3.63, 3.8) is 0 Å². The van der Waals surface area contributed by atoms with Gasteiger partial charge in [0.2, 0.25) is 0 Å². The van der Waals surface area contributed by atoms with Crippen molar-refractivity contribution in [3.05, 3.63) is 0 Å². The lowest BCUT2D eigenvalue weighted by Crippen LogP contribution is -2.33. The third kappa shape index (κ3) is 0.501. The summed E-state index contributed by atoms with van der Waals surface area (Å²) in [7, 11) is 0. The van der Waals surface area contributed by atoms with Gasteiger partial charge in [0.15, 0.2) is 0 Å². The van der Waals surface area contributed by atoms with Gasteiger partial charge in [0.25, 0.3) is 0 Å². The van der Waals surface area contributed by atoms with Crippen molar-refractivity contribution in [2.24, 2.45) is 17.6 Å². The molecule has 2 unspecified atom stereocenters. The molecule has 0 aromatic heterocycles. The maximum absolute atomic E-state index is 5.49. The van der Waals surface area contributed by atoms with E-state index in [0.717, 1.165) is 18.4 Å². The molecule has 8 heavy (non-hydrogen) atoms. The topological polar surface area (TPSA) is 38.0 Å². The van der Waals surface area contributed by atoms with Crippen LogP contribution in [0.3, 0.4) is 0 Å². The van der Waals surface area contributed by atoms with Crippen LogP contribution in [0.15, 0.2) is 0 Å². The van der Waals surface area contributed by atoms with E-state index in [9.17, 15) is 0 Å². The summed E-state index contributed by atoms with van der Waals surface area (Å²) in [4.78, 5) is 0. The van der Waals surface area contributed by atoms with E-state index in [4.69, 9.17) is 5.73 Å². The zero-order valence-corrected chi connectivity index (χ0v) is 4.93. The first-order valence-electron chi connectivity index (χ1n) is 3.35. The van der Waals surface area contributed by atoms with E-state index in [1.54, 1.807) is 0 Å². The average Bonchev–Trinajstić information content (AvgIpc) is 2.46. The van der Waals surface area contributed by atoms with Crippen LogP contribution in [0.2, 0.25) is 0 Å². The first-order valence-corrected chi connectivity index (χ1v) is 3.35. The first-order chi connectivity index (χ1) is 3.92. The lowest BCUT2D eigenvalue weighted by atomic mass is 10.2. The number of nitrogens with two attached hydrogens (primary N) is 1. The summed E-state index contributed by atoms with van der Waals surface area (Å²) in [6.07, 6.45) is 1.44. The lowest BCUT2D eigenvalue weighted by Gasteiger charge is -2.07. The highest BCUT2D eigenvalue weighted by Gasteiger charge is 2.46. The van der Waals surface area contributed by atoms with Crippen molar-refractivity contribution in [1.29, 1.82) is 0 Å². The summed E-state index contributed by atoms with van der Waals surface area (Å²) >= 11 is 0. The molecule has 0 aromatic rings. The van der Waals surface area contributed by atoms with Crippen molar-refractivity contribution in [2.75, 3.05) is 13.1 Å². The van der Waals surface area contributed by atoms with Crippen molar-refractivity contribution in [1.82, 2.24) is 5.32 Å². The van der Waals surface area contributed by atoms with Crippen LogP contribution in [-0.2, 0) is 0 Å². The SMILES string of the molecule is NC[C@H]1NCC2CC21. The molecule has 0 amide bonds. The van der Waals surface area contributed by atoms with Crippen molar-refractivity contribution < 1.29 is 0 Å². The average molecular weight is 112 g/mol. The Morgan fingerprint density at radius 2 is 2.50 bits per heavy atom. The van der Waals surface area contributed by atoms with Crippen LogP contribution in [0.1, 0.15) is 6.42 Å². The highest BCUT2D eigenvalue weighted by atomic mass is 15.0. The Kier molecular flexibility index (Phi) is 0.866. The van der Waals surface area contributed by atoms with E-state index < -0.39 is 0 Å². The van der Waals surface area contributed by atoms with Crippen molar-refractivity contribution >= 4 is 0 Å². The minimum Gasteiger partial charge on any atom is -0.329 e. The molecule has 0 radical (unpaired) electrons. The van der Waals surface area contributed by atoms with E-state index >= 15 is 0 Å². The van der Waals surface area contributed by atoms with Crippen LogP contribution in [-0.4, -0.2) is 19.1 Å². The van der Waals surface area contributed by atoms with Gasteiger partial charge in [0, 0.05) is 12.6 Å². The van der Waals surface area contributed by atoms with Gasteiger partial charge in [-0.05, 0) is 24.8 Å². The molecule has 1 heterocycles. The number of nitrogens with one attached hydrogen (secondary N) is 1. The highest BCUT2D eigenvalue weighted by Crippen LogP contribution is 2.44. The second-order valence-electron chi connectivity index (χ2n) is 2.91. The third-order valence-corrected chi connectivity index (χ3v) is 2.39. The highest BCUT2D eigenvalue weighted by molar-refractivity contribution is 5.02. The van der Waals surface area contributed by atoms with Gasteiger partial charge in [-0.1, -0.05) is 0 Å². The molecule has 3 N–H and O–H groups in total. The predicted octanol–water partition coefficient (Wildman–Crippen LogP) is -0.447. The Balaban J connectivity index is 1.97. The molecule has 3 atom stereocenters. The van der Waals surface area contributed by atoms with Crippen LogP contribution < -0.4 is 11.1 Å². The Bertz CT molecular complexity index is 103. The zero-order valence-electron chi connectivity index (χ0n) is 4.93. The molecule has 0 aromatic carbocycles. The molecule has 2 heteroatoms. The van der Waals surface area contributed by atoms with E-state index in [1.165, 1.54) is 13.0 Å². The summed E-state index contributed by atoms with van der Waals surface area (Å²) in [6.45, 7) is 2.06. The summed E-state index contributed by atoms with van der Waals surface area (Å²) in [5.41, 5.74) is 5.49. The molecule has 46 valence electrons. The van der Waals surface area contributed by atoms with Gasteiger partial charge < -0.3 is 11.1 Å². The molecule has 2 rings (SSSR count). The first kappa shape index (κ1) is 4.77. The number of hydrogen-bond donors (Lipinski definition) is 2. The van der Waals surface area contributed by atoms with Crippen LogP contribution in [0, 0.1) is 11.8 Å². The number of piperidine rings is 1. The van der Waals surface area contributed by atoms with Gasteiger partial charge in [-0.15, -0.1) is 0 Å². The molecule has 1 saturated heterocycles. The molecule has 0 bridgehead atoms. The maximum Gasteiger partial charge on any atom is 0.0221 e. The normalized spacial score (nSPS) is 51.4. The molecule has 1 aliphatic carbocycles. The minimum absolute atomic E-state index is 0.667. The second kappa shape index (κ2) is 1.45. The van der Waals surface area contributed by atoms with Crippen LogP contribution in [0.4, 0.5) is 0 Å². The van der Waals surface area contributed by atoms with Crippen LogP contribution in [0.25, 0.3) is 0 Å². The van der Waals surface area contributed by atoms with Gasteiger partial charge in [0.1, 0.15) is 0 Å². The van der Waals surface area contributed by atoms with E-state index in [-0.39, 0.29) is 0 Å². The fourth-order valence-electron chi connectivity index (χ4n) is 1.71. The second-order valence-corrected chi connectivity index (χ2v) is 2.91. The quantitative estimate of drug-likeness (QED) is 0.482. The Morgan fingerprint density at radius 1 is 1.62 bits per heavy atom. The Morgan fingerprint density at radius 3 is 2.75 bits per heavy atom. The Hall–Kier alpha value is -0.0800. The summed E-state index contributed by atoms with van der Waals surface area (Å²) in [5, 5.41) is 3.38. The third-order valence-electron chi connectivity index (χ3n) is 2.39. The Labute approximate surface area is 49.4 Å². The van der Waals surface area contributed by atoms with Crippen molar-refractivity contribution in [3.8, 4) is 0 Å². The van der Waals surface area contributed by atoms with Gasteiger partial charge in [-0.25, -0.2) is 0 Å². The van der Waals surface area contributed by atoms with Gasteiger partial charge in [0.05, 0.1) is 0 Å². The molecule has 2 nitrogen and oxygen atoms in total. The molecule has 1 saturated carbocycles. The van der Waals surface area contributed by atoms with E-state index in [2.05, 4.69) is 5.32 Å². The standard InChI is InChI=1S/C6H12N2/c7-2-6-5-1-4(5)3-8-6/h4-6,8H,1-3,7H2/t4?,5?,6-/m1/s1. The molecule has 2 aliphatic rings. The predicted molar refractivity (Wildman–Crippen MR) is 32.4 cm³/mol. The molecule has 0 spiro atoms. The fraction of sp³-hybridized carbons (Fsp3) is 1.00. The molecule has 1 aliphatic heterocycles. The monoisotopic (exact) mass is 112 g/mol. The summed E-state index contributed by atoms with van der Waals surface area (Å²) in [5.74, 6) is 1.96. The number of hydrogen-bond acceptors (Lipinski definition) is 2. The van der Waals surface area contributed by atoms with Crippen LogP contribution in [0.5, 0.6) is 0 Å². The smallest absolute Gasteiger partial charge is 0.0221 e. The number of fused-ring (bicyclic) bond motifs is 1. The van der Waals surface area contributed by atoms with Crippen molar-refractivity contribution in [2.45, 2.75) is 12.5 Å². The largest absolute Gasteiger partial charge is 0.329 e. The lowest BCUT2D eigenvalue weighted by molar-refractivity contribution is 0.543.